The lowest BCUT2D eigenvalue weighted by Crippen LogP contribution is -2.35. The molecule has 0 fully saturated rings. The van der Waals surface area contributed by atoms with Crippen molar-refractivity contribution in [1.82, 2.24) is 9.80 Å². The maximum atomic E-state index is 11.1. The summed E-state index contributed by atoms with van der Waals surface area (Å²) in [6.45, 7) is 0.436. The monoisotopic (exact) mass is 418 g/mol. The molecule has 0 bridgehead atoms. The molecule has 2 N–H and O–H groups in total. The predicted molar refractivity (Wildman–Crippen MR) is 89.6 cm³/mol. The zero-order chi connectivity index (χ0) is 13.9. The van der Waals surface area contributed by atoms with Crippen LogP contribution < -0.4 is 5.14 Å². The fourth-order valence-electron chi connectivity index (χ4n) is 1.43. The molecule has 1 aromatic heterocycles. The highest BCUT2D eigenvalue weighted by atomic mass is 127. The van der Waals surface area contributed by atoms with Gasteiger partial charge in [-0.15, -0.1) is 35.3 Å². The van der Waals surface area contributed by atoms with E-state index in [-0.39, 0.29) is 28.2 Å². The lowest BCUT2D eigenvalue weighted by molar-refractivity contribution is 0.479. The Morgan fingerprint density at radius 2 is 1.79 bits per heavy atom. The molecule has 0 saturated carbocycles. The van der Waals surface area contributed by atoms with Crippen molar-refractivity contribution in [1.29, 1.82) is 0 Å². The van der Waals surface area contributed by atoms with Crippen molar-refractivity contribution in [2.24, 2.45) is 10.1 Å². The molecule has 110 valence electrons. The largest absolute Gasteiger partial charge is 0.349 e. The molecule has 9 heteroatoms. The Balaban J connectivity index is 0.00000324. The first-order valence-electron chi connectivity index (χ1n) is 5.22. The van der Waals surface area contributed by atoms with Crippen LogP contribution in [0.3, 0.4) is 0 Å². The van der Waals surface area contributed by atoms with Crippen LogP contribution in [0.4, 0.5) is 0 Å². The van der Waals surface area contributed by atoms with Crippen LogP contribution in [0.1, 0.15) is 4.88 Å². The molecular formula is C10H19IN4O2S2. The number of thiophene rings is 1. The number of nitrogens with two attached hydrogens (primary N) is 1. The van der Waals surface area contributed by atoms with E-state index in [9.17, 15) is 8.42 Å². The fourth-order valence-corrected chi connectivity index (χ4v) is 3.13. The van der Waals surface area contributed by atoms with Gasteiger partial charge in [0.1, 0.15) is 4.21 Å². The lowest BCUT2D eigenvalue weighted by Gasteiger charge is -2.22. The molecule has 1 heterocycles. The molecule has 0 atom stereocenters. The topological polar surface area (TPSA) is 79.0 Å². The second-order valence-corrected chi connectivity index (χ2v) is 7.13. The molecule has 0 aliphatic rings. The number of hydrogen-bond acceptors (Lipinski definition) is 4. The molecule has 0 unspecified atom stereocenters. The number of halogens is 1. The molecule has 19 heavy (non-hydrogen) atoms. The number of primary sulfonamides is 1. The van der Waals surface area contributed by atoms with Crippen LogP contribution in [-0.4, -0.2) is 52.4 Å². The highest BCUT2D eigenvalue weighted by Crippen LogP contribution is 2.20. The van der Waals surface area contributed by atoms with E-state index >= 15 is 0 Å². The van der Waals surface area contributed by atoms with Gasteiger partial charge in [-0.2, -0.15) is 0 Å². The molecule has 0 saturated heterocycles. The van der Waals surface area contributed by atoms with E-state index in [1.807, 2.05) is 38.0 Å². The third kappa shape index (κ3) is 5.63. The molecule has 0 amide bonds. The number of aliphatic imine (C=N–C) groups is 1. The van der Waals surface area contributed by atoms with Crippen molar-refractivity contribution in [3.05, 3.63) is 17.0 Å². The summed E-state index contributed by atoms with van der Waals surface area (Å²) in [4.78, 5) is 9.09. The molecule has 0 aliphatic carbocycles. The summed E-state index contributed by atoms with van der Waals surface area (Å²) in [6.07, 6.45) is 0. The van der Waals surface area contributed by atoms with Gasteiger partial charge in [0, 0.05) is 33.1 Å². The molecule has 0 radical (unpaired) electrons. The average Bonchev–Trinajstić information content (AvgIpc) is 2.64. The van der Waals surface area contributed by atoms with Crippen LogP contribution in [0.2, 0.25) is 0 Å². The van der Waals surface area contributed by atoms with E-state index < -0.39 is 10.0 Å². The van der Waals surface area contributed by atoms with Crippen molar-refractivity contribution in [3.63, 3.8) is 0 Å². The minimum Gasteiger partial charge on any atom is -0.349 e. The second-order valence-electron chi connectivity index (χ2n) is 4.17. The van der Waals surface area contributed by atoms with Crippen LogP contribution in [0, 0.1) is 0 Å². The Morgan fingerprint density at radius 1 is 1.26 bits per heavy atom. The standard InChI is InChI=1S/C10H18N4O2S2.HI/c1-13(2)10(14(3)4)12-7-8-5-6-9(17-8)18(11,15)16;/h5-6H,7H2,1-4H3,(H2,11,15,16);1H. The summed E-state index contributed by atoms with van der Waals surface area (Å²) in [6, 6.07) is 3.24. The third-order valence-electron chi connectivity index (χ3n) is 2.09. The van der Waals surface area contributed by atoms with Crippen LogP contribution in [0.25, 0.3) is 0 Å². The van der Waals surface area contributed by atoms with E-state index in [0.717, 1.165) is 22.2 Å². The molecule has 1 aromatic rings. The second kappa shape index (κ2) is 7.41. The van der Waals surface area contributed by atoms with E-state index in [1.54, 1.807) is 6.07 Å². The number of nitrogens with zero attached hydrogens (tertiary/aromatic N) is 3. The highest BCUT2D eigenvalue weighted by Gasteiger charge is 2.11. The number of hydrogen-bond donors (Lipinski definition) is 1. The molecule has 0 aliphatic heterocycles. The van der Waals surface area contributed by atoms with Crippen molar-refractivity contribution in [2.45, 2.75) is 10.8 Å². The summed E-state index contributed by atoms with van der Waals surface area (Å²) in [5, 5.41) is 5.05. The quantitative estimate of drug-likeness (QED) is 0.451. The van der Waals surface area contributed by atoms with Gasteiger partial charge in [-0.3, -0.25) is 0 Å². The SMILES string of the molecule is CN(C)C(=NCc1ccc(S(N)(=O)=O)s1)N(C)C.I. The summed E-state index contributed by atoms with van der Waals surface area (Å²) >= 11 is 1.15. The third-order valence-corrected chi connectivity index (χ3v) is 4.60. The maximum Gasteiger partial charge on any atom is 0.247 e. The van der Waals surface area contributed by atoms with Crippen LogP contribution >= 0.6 is 35.3 Å². The Labute approximate surface area is 135 Å². The first-order chi connectivity index (χ1) is 8.21. The summed E-state index contributed by atoms with van der Waals surface area (Å²) in [5.74, 6) is 0.820. The van der Waals surface area contributed by atoms with Crippen molar-refractivity contribution in [2.75, 3.05) is 28.2 Å². The predicted octanol–water partition coefficient (Wildman–Crippen LogP) is 0.993. The van der Waals surface area contributed by atoms with Gasteiger partial charge in [0.05, 0.1) is 6.54 Å². The maximum absolute atomic E-state index is 11.1. The summed E-state index contributed by atoms with van der Waals surface area (Å²) < 4.78 is 22.4. The Kier molecular flexibility index (Phi) is 7.26. The van der Waals surface area contributed by atoms with E-state index in [1.165, 1.54) is 6.07 Å². The Bertz CT molecular complexity index is 527. The number of sulfonamides is 1. The zero-order valence-corrected chi connectivity index (χ0v) is 15.3. The molecule has 0 spiro atoms. The minimum absolute atomic E-state index is 0. The van der Waals surface area contributed by atoms with Crippen LogP contribution in [-0.2, 0) is 16.6 Å². The van der Waals surface area contributed by atoms with Gasteiger partial charge in [-0.25, -0.2) is 18.5 Å². The summed E-state index contributed by atoms with van der Waals surface area (Å²) in [5.41, 5.74) is 0. The van der Waals surface area contributed by atoms with Gasteiger partial charge in [-0.05, 0) is 12.1 Å². The highest BCUT2D eigenvalue weighted by molar-refractivity contribution is 14.0. The first kappa shape index (κ1) is 18.6. The molecule has 0 aromatic carbocycles. The average molecular weight is 418 g/mol. The Morgan fingerprint density at radius 3 is 2.16 bits per heavy atom. The van der Waals surface area contributed by atoms with Crippen LogP contribution in [0.15, 0.2) is 21.3 Å². The Hall–Kier alpha value is -0.390. The number of rotatable bonds is 3. The molecule has 1 rings (SSSR count). The van der Waals surface area contributed by atoms with Gasteiger partial charge in [0.25, 0.3) is 0 Å². The van der Waals surface area contributed by atoms with Crippen molar-refractivity contribution >= 4 is 51.3 Å². The normalized spacial score (nSPS) is 10.6. The van der Waals surface area contributed by atoms with Gasteiger partial charge in [0.2, 0.25) is 10.0 Å². The van der Waals surface area contributed by atoms with Gasteiger partial charge < -0.3 is 9.80 Å². The lowest BCUT2D eigenvalue weighted by atomic mass is 10.5. The van der Waals surface area contributed by atoms with Crippen molar-refractivity contribution in [3.8, 4) is 0 Å². The van der Waals surface area contributed by atoms with Gasteiger partial charge >= 0.3 is 0 Å². The smallest absolute Gasteiger partial charge is 0.247 e. The summed E-state index contributed by atoms with van der Waals surface area (Å²) in [7, 11) is 4.02. The van der Waals surface area contributed by atoms with E-state index in [0.29, 0.717) is 6.54 Å². The van der Waals surface area contributed by atoms with Gasteiger partial charge in [-0.1, -0.05) is 0 Å². The van der Waals surface area contributed by atoms with Crippen molar-refractivity contribution < 1.29 is 8.42 Å². The minimum atomic E-state index is -3.60. The zero-order valence-electron chi connectivity index (χ0n) is 11.3. The first-order valence-corrected chi connectivity index (χ1v) is 7.58. The molecule has 6 nitrogen and oxygen atoms in total. The van der Waals surface area contributed by atoms with E-state index in [4.69, 9.17) is 5.14 Å². The van der Waals surface area contributed by atoms with E-state index in [2.05, 4.69) is 4.99 Å². The van der Waals surface area contributed by atoms with Gasteiger partial charge in [0.15, 0.2) is 5.96 Å². The fraction of sp³-hybridized carbons (Fsp3) is 0.500. The van der Waals surface area contributed by atoms with Crippen LogP contribution in [0.5, 0.6) is 0 Å². The molecular weight excluding hydrogens is 399 g/mol. The number of guanidine groups is 1.